The average Bonchev–Trinajstić information content (AvgIpc) is 3.32. The van der Waals surface area contributed by atoms with E-state index in [9.17, 15) is 9.59 Å². The van der Waals surface area contributed by atoms with Crippen molar-refractivity contribution in [2.75, 3.05) is 19.8 Å². The van der Waals surface area contributed by atoms with E-state index in [0.29, 0.717) is 11.8 Å². The van der Waals surface area contributed by atoms with Crippen LogP contribution >= 0.6 is 0 Å². The number of carbonyl (C=O) groups excluding carboxylic acids is 2. The van der Waals surface area contributed by atoms with Gasteiger partial charge in [-0.15, -0.1) is 0 Å². The molecule has 0 aromatic carbocycles. The fourth-order valence-electron chi connectivity index (χ4n) is 3.52. The minimum absolute atomic E-state index is 0.0559. The molecule has 5 nitrogen and oxygen atoms in total. The molecule has 5 heteroatoms. The Morgan fingerprint density at radius 1 is 1.19 bits per heavy atom. The number of nitrogens with one attached hydrogen (secondary N) is 1. The molecule has 2 amide bonds. The number of piperazine rings is 1. The van der Waals surface area contributed by atoms with Crippen LogP contribution in [0.25, 0.3) is 0 Å². The van der Waals surface area contributed by atoms with E-state index in [4.69, 9.17) is 4.74 Å². The summed E-state index contributed by atoms with van der Waals surface area (Å²) in [6.45, 7) is 4.35. The molecule has 0 bridgehead atoms. The van der Waals surface area contributed by atoms with Crippen LogP contribution in [0.5, 0.6) is 0 Å². The van der Waals surface area contributed by atoms with E-state index in [0.717, 1.165) is 58.3 Å². The molecule has 118 valence electrons. The van der Waals surface area contributed by atoms with Crippen molar-refractivity contribution in [1.82, 2.24) is 10.2 Å². The van der Waals surface area contributed by atoms with Crippen molar-refractivity contribution in [3.8, 4) is 0 Å². The fourth-order valence-corrected chi connectivity index (χ4v) is 3.52. The minimum atomic E-state index is -0.264. The lowest BCUT2D eigenvalue weighted by atomic mass is 9.95. The van der Waals surface area contributed by atoms with Gasteiger partial charge in [0.25, 0.3) is 0 Å². The zero-order valence-corrected chi connectivity index (χ0v) is 12.8. The summed E-state index contributed by atoms with van der Waals surface area (Å²) in [5, 5.41) is 2.98. The summed E-state index contributed by atoms with van der Waals surface area (Å²) in [4.78, 5) is 27.1. The topological polar surface area (TPSA) is 58.6 Å². The average molecular weight is 294 g/mol. The molecule has 2 heterocycles. The van der Waals surface area contributed by atoms with E-state index >= 15 is 0 Å². The predicted octanol–water partition coefficient (Wildman–Crippen LogP) is 1.32. The van der Waals surface area contributed by atoms with Gasteiger partial charge < -0.3 is 15.0 Å². The lowest BCUT2D eigenvalue weighted by Crippen LogP contribution is -2.64. The van der Waals surface area contributed by atoms with Crippen LogP contribution in [0.3, 0.4) is 0 Å². The molecule has 1 N–H and O–H groups in total. The quantitative estimate of drug-likeness (QED) is 0.832. The Balaban J connectivity index is 1.72. The van der Waals surface area contributed by atoms with E-state index < -0.39 is 0 Å². The third-order valence-electron chi connectivity index (χ3n) is 4.98. The zero-order valence-electron chi connectivity index (χ0n) is 12.8. The molecule has 0 spiro atoms. The van der Waals surface area contributed by atoms with Gasteiger partial charge in [-0.1, -0.05) is 13.3 Å². The molecular formula is C16H26N2O3. The summed E-state index contributed by atoms with van der Waals surface area (Å²) in [6.07, 6.45) is 5.82. The highest BCUT2D eigenvalue weighted by molar-refractivity contribution is 5.97. The van der Waals surface area contributed by atoms with E-state index in [2.05, 4.69) is 12.2 Å². The largest absolute Gasteiger partial charge is 0.381 e. The molecule has 2 aliphatic heterocycles. The maximum absolute atomic E-state index is 12.8. The third-order valence-corrected chi connectivity index (χ3v) is 4.98. The molecular weight excluding hydrogens is 268 g/mol. The van der Waals surface area contributed by atoms with E-state index in [1.54, 1.807) is 0 Å². The molecule has 1 aliphatic carbocycles. The lowest BCUT2D eigenvalue weighted by molar-refractivity contribution is -0.151. The molecule has 2 saturated heterocycles. The van der Waals surface area contributed by atoms with Crippen molar-refractivity contribution in [2.45, 2.75) is 57.5 Å². The maximum atomic E-state index is 12.8. The van der Waals surface area contributed by atoms with Crippen molar-refractivity contribution in [1.29, 1.82) is 0 Å². The molecule has 0 aromatic rings. The van der Waals surface area contributed by atoms with Gasteiger partial charge in [0.1, 0.15) is 12.1 Å². The number of ether oxygens (including phenoxy) is 1. The molecule has 0 radical (unpaired) electrons. The molecule has 21 heavy (non-hydrogen) atoms. The SMILES string of the molecule is CCCC1C(=O)NC(C2CC2)C(=O)N1CC1CCOCC1. The number of amides is 2. The Morgan fingerprint density at radius 2 is 1.90 bits per heavy atom. The van der Waals surface area contributed by atoms with Crippen LogP contribution < -0.4 is 5.32 Å². The Morgan fingerprint density at radius 3 is 2.52 bits per heavy atom. The number of carbonyl (C=O) groups is 2. The van der Waals surface area contributed by atoms with Gasteiger partial charge in [-0.2, -0.15) is 0 Å². The van der Waals surface area contributed by atoms with Gasteiger partial charge in [0.15, 0.2) is 0 Å². The van der Waals surface area contributed by atoms with Crippen LogP contribution in [0, 0.1) is 11.8 Å². The Hall–Kier alpha value is -1.10. The highest BCUT2D eigenvalue weighted by Gasteiger charge is 2.46. The predicted molar refractivity (Wildman–Crippen MR) is 78.6 cm³/mol. The molecule has 1 saturated carbocycles. The van der Waals surface area contributed by atoms with Gasteiger partial charge in [0.05, 0.1) is 0 Å². The number of hydrogen-bond acceptors (Lipinski definition) is 3. The second kappa shape index (κ2) is 6.34. The standard InChI is InChI=1S/C16H26N2O3/c1-2-3-13-15(19)17-14(12-4-5-12)16(20)18(13)10-11-6-8-21-9-7-11/h11-14H,2-10H2,1H3,(H,17,19). The molecule has 2 atom stereocenters. The number of nitrogens with zero attached hydrogens (tertiary/aromatic N) is 1. The van der Waals surface area contributed by atoms with Crippen LogP contribution in [0.1, 0.15) is 45.4 Å². The van der Waals surface area contributed by atoms with Gasteiger partial charge in [-0.3, -0.25) is 9.59 Å². The van der Waals surface area contributed by atoms with Crippen molar-refractivity contribution < 1.29 is 14.3 Å². The normalized spacial score (nSPS) is 31.4. The molecule has 0 aromatic heterocycles. The van der Waals surface area contributed by atoms with E-state index in [1.807, 2.05) is 4.90 Å². The molecule has 3 rings (SSSR count). The van der Waals surface area contributed by atoms with Crippen LogP contribution in [-0.4, -0.2) is 48.6 Å². The second-order valence-corrected chi connectivity index (χ2v) is 6.67. The maximum Gasteiger partial charge on any atom is 0.246 e. The van der Waals surface area contributed by atoms with Crippen molar-refractivity contribution in [3.63, 3.8) is 0 Å². The van der Waals surface area contributed by atoms with Crippen LogP contribution in [-0.2, 0) is 14.3 Å². The summed E-state index contributed by atoms with van der Waals surface area (Å²) < 4.78 is 5.40. The summed E-state index contributed by atoms with van der Waals surface area (Å²) in [5.41, 5.74) is 0. The minimum Gasteiger partial charge on any atom is -0.381 e. The number of hydrogen-bond donors (Lipinski definition) is 1. The highest BCUT2D eigenvalue weighted by atomic mass is 16.5. The first-order valence-corrected chi connectivity index (χ1v) is 8.39. The molecule has 3 aliphatic rings. The van der Waals surface area contributed by atoms with E-state index in [-0.39, 0.29) is 23.9 Å². The van der Waals surface area contributed by atoms with Gasteiger partial charge in [0, 0.05) is 19.8 Å². The molecule has 2 unspecified atom stereocenters. The zero-order chi connectivity index (χ0) is 14.8. The first kappa shape index (κ1) is 14.8. The van der Waals surface area contributed by atoms with Crippen LogP contribution in [0.4, 0.5) is 0 Å². The Kier molecular flexibility index (Phi) is 4.48. The summed E-state index contributed by atoms with van der Waals surface area (Å²) in [5.74, 6) is 1.07. The first-order valence-electron chi connectivity index (χ1n) is 8.39. The van der Waals surface area contributed by atoms with Crippen molar-refractivity contribution >= 4 is 11.8 Å². The first-order chi connectivity index (χ1) is 10.2. The summed E-state index contributed by atoms with van der Waals surface area (Å²) in [7, 11) is 0. The number of rotatable bonds is 5. The summed E-state index contributed by atoms with van der Waals surface area (Å²) >= 11 is 0. The Labute approximate surface area is 126 Å². The van der Waals surface area contributed by atoms with Gasteiger partial charge in [-0.25, -0.2) is 0 Å². The third kappa shape index (κ3) is 3.23. The van der Waals surface area contributed by atoms with Crippen LogP contribution in [0.15, 0.2) is 0 Å². The second-order valence-electron chi connectivity index (χ2n) is 6.67. The van der Waals surface area contributed by atoms with Crippen molar-refractivity contribution in [2.24, 2.45) is 11.8 Å². The Bertz CT molecular complexity index is 402. The smallest absolute Gasteiger partial charge is 0.246 e. The van der Waals surface area contributed by atoms with Gasteiger partial charge in [0.2, 0.25) is 11.8 Å². The van der Waals surface area contributed by atoms with Gasteiger partial charge >= 0.3 is 0 Å². The summed E-state index contributed by atoms with van der Waals surface area (Å²) in [6, 6.07) is -0.522. The van der Waals surface area contributed by atoms with Gasteiger partial charge in [-0.05, 0) is 43.9 Å². The van der Waals surface area contributed by atoms with Crippen molar-refractivity contribution in [3.05, 3.63) is 0 Å². The van der Waals surface area contributed by atoms with Crippen LogP contribution in [0.2, 0.25) is 0 Å². The monoisotopic (exact) mass is 294 g/mol. The molecule has 3 fully saturated rings. The highest BCUT2D eigenvalue weighted by Crippen LogP contribution is 2.35. The lowest BCUT2D eigenvalue weighted by Gasteiger charge is -2.41. The van der Waals surface area contributed by atoms with E-state index in [1.165, 1.54) is 0 Å². The fraction of sp³-hybridized carbons (Fsp3) is 0.875.